The van der Waals surface area contributed by atoms with E-state index < -0.39 is 0 Å². The van der Waals surface area contributed by atoms with Gasteiger partial charge in [-0.25, -0.2) is 9.97 Å². The van der Waals surface area contributed by atoms with Gasteiger partial charge in [0.05, 0.1) is 25.1 Å². The summed E-state index contributed by atoms with van der Waals surface area (Å²) in [7, 11) is 3.30. The number of fused-ring (bicyclic) bond motifs is 3. The third-order valence-corrected chi connectivity index (χ3v) is 5.79. The molecule has 0 saturated carbocycles. The van der Waals surface area contributed by atoms with Crippen molar-refractivity contribution in [2.24, 2.45) is 0 Å². The first-order valence-electron chi connectivity index (χ1n) is 10.2. The molecule has 30 heavy (non-hydrogen) atoms. The first kappa shape index (κ1) is 18.7. The third kappa shape index (κ3) is 3.31. The quantitative estimate of drug-likeness (QED) is 0.551. The van der Waals surface area contributed by atoms with Gasteiger partial charge in [0.25, 0.3) is 0 Å². The highest BCUT2D eigenvalue weighted by Gasteiger charge is 2.22. The SMILES string of the molecule is COc1cc2[nH]c3ncnc(N4CCN(Cc5ccccc5)CC4)c3c2cc1OC. The van der Waals surface area contributed by atoms with Gasteiger partial charge in [0.15, 0.2) is 11.5 Å². The third-order valence-electron chi connectivity index (χ3n) is 5.79. The Balaban J connectivity index is 1.45. The Hall–Kier alpha value is -3.32. The van der Waals surface area contributed by atoms with Gasteiger partial charge in [-0.15, -0.1) is 0 Å². The van der Waals surface area contributed by atoms with Crippen LogP contribution in [0.5, 0.6) is 11.5 Å². The van der Waals surface area contributed by atoms with Crippen molar-refractivity contribution in [2.75, 3.05) is 45.3 Å². The zero-order valence-corrected chi connectivity index (χ0v) is 17.3. The number of nitrogens with one attached hydrogen (secondary N) is 1. The number of methoxy groups -OCH3 is 2. The monoisotopic (exact) mass is 403 g/mol. The predicted molar refractivity (Wildman–Crippen MR) is 118 cm³/mol. The van der Waals surface area contributed by atoms with Gasteiger partial charge < -0.3 is 19.4 Å². The molecule has 0 unspecified atom stereocenters. The second kappa shape index (κ2) is 7.84. The second-order valence-corrected chi connectivity index (χ2v) is 7.55. The summed E-state index contributed by atoms with van der Waals surface area (Å²) in [5.74, 6) is 2.37. The number of nitrogens with zero attached hydrogens (tertiary/aromatic N) is 4. The molecular weight excluding hydrogens is 378 g/mol. The summed E-state index contributed by atoms with van der Waals surface area (Å²) in [6, 6.07) is 14.6. The van der Waals surface area contributed by atoms with Crippen molar-refractivity contribution in [3.05, 3.63) is 54.4 Å². The van der Waals surface area contributed by atoms with E-state index in [4.69, 9.17) is 9.47 Å². The molecule has 0 spiro atoms. The number of piperazine rings is 1. The van der Waals surface area contributed by atoms with E-state index in [1.807, 2.05) is 12.1 Å². The molecule has 3 heterocycles. The van der Waals surface area contributed by atoms with Gasteiger partial charge in [0.1, 0.15) is 17.8 Å². The van der Waals surface area contributed by atoms with Gasteiger partial charge in [-0.05, 0) is 11.6 Å². The summed E-state index contributed by atoms with van der Waals surface area (Å²) >= 11 is 0. The number of hydrogen-bond donors (Lipinski definition) is 1. The van der Waals surface area contributed by atoms with E-state index in [1.54, 1.807) is 20.5 Å². The topological polar surface area (TPSA) is 66.5 Å². The highest BCUT2D eigenvalue weighted by atomic mass is 16.5. The summed E-state index contributed by atoms with van der Waals surface area (Å²) in [4.78, 5) is 17.4. The Labute approximate surface area is 175 Å². The van der Waals surface area contributed by atoms with Crippen LogP contribution in [0.25, 0.3) is 21.9 Å². The summed E-state index contributed by atoms with van der Waals surface area (Å²) in [5.41, 5.74) is 3.15. The van der Waals surface area contributed by atoms with E-state index in [0.29, 0.717) is 11.5 Å². The van der Waals surface area contributed by atoms with Gasteiger partial charge in [0, 0.05) is 44.2 Å². The molecule has 5 rings (SSSR count). The molecule has 0 radical (unpaired) electrons. The highest BCUT2D eigenvalue weighted by Crippen LogP contribution is 2.38. The lowest BCUT2D eigenvalue weighted by Gasteiger charge is -2.35. The van der Waals surface area contributed by atoms with Gasteiger partial charge >= 0.3 is 0 Å². The van der Waals surface area contributed by atoms with E-state index in [9.17, 15) is 0 Å². The van der Waals surface area contributed by atoms with Crippen LogP contribution in [-0.2, 0) is 6.54 Å². The molecule has 0 aliphatic carbocycles. The average Bonchev–Trinajstić information content (AvgIpc) is 3.17. The zero-order valence-electron chi connectivity index (χ0n) is 17.3. The smallest absolute Gasteiger partial charge is 0.162 e. The maximum atomic E-state index is 5.52. The fraction of sp³-hybridized carbons (Fsp3) is 0.304. The molecule has 1 N–H and O–H groups in total. The van der Waals surface area contributed by atoms with Gasteiger partial charge in [0.2, 0.25) is 0 Å². The summed E-state index contributed by atoms with van der Waals surface area (Å²) in [5, 5.41) is 2.08. The molecule has 154 valence electrons. The van der Waals surface area contributed by atoms with E-state index in [0.717, 1.165) is 60.5 Å². The molecule has 2 aromatic heterocycles. The van der Waals surface area contributed by atoms with E-state index in [2.05, 4.69) is 55.1 Å². The van der Waals surface area contributed by atoms with Crippen molar-refractivity contribution in [1.29, 1.82) is 0 Å². The van der Waals surface area contributed by atoms with Crippen LogP contribution in [-0.4, -0.2) is 60.3 Å². The Kier molecular flexibility index (Phi) is 4.88. The van der Waals surface area contributed by atoms with Gasteiger partial charge in [-0.1, -0.05) is 30.3 Å². The summed E-state index contributed by atoms with van der Waals surface area (Å²) in [6.45, 7) is 4.84. The summed E-state index contributed by atoms with van der Waals surface area (Å²) < 4.78 is 11.0. The van der Waals surface area contributed by atoms with Gasteiger partial charge in [-0.3, -0.25) is 4.90 Å². The maximum Gasteiger partial charge on any atom is 0.162 e. The molecule has 0 atom stereocenters. The molecule has 7 heteroatoms. The highest BCUT2D eigenvalue weighted by molar-refractivity contribution is 6.12. The zero-order chi connectivity index (χ0) is 20.5. The lowest BCUT2D eigenvalue weighted by molar-refractivity contribution is 0.249. The Morgan fingerprint density at radius 2 is 1.67 bits per heavy atom. The molecule has 0 amide bonds. The first-order chi connectivity index (χ1) is 14.8. The normalized spacial score (nSPS) is 15.1. The number of ether oxygens (including phenoxy) is 2. The van der Waals surface area contributed by atoms with E-state index in [1.165, 1.54) is 5.56 Å². The minimum absolute atomic E-state index is 0.695. The van der Waals surface area contributed by atoms with Crippen LogP contribution < -0.4 is 14.4 Å². The predicted octanol–water partition coefficient (Wildman–Crippen LogP) is 3.45. The van der Waals surface area contributed by atoms with Crippen LogP contribution in [0.1, 0.15) is 5.56 Å². The van der Waals surface area contributed by atoms with Crippen molar-refractivity contribution < 1.29 is 9.47 Å². The maximum absolute atomic E-state index is 5.52. The van der Waals surface area contributed by atoms with Crippen LogP contribution in [0.2, 0.25) is 0 Å². The van der Waals surface area contributed by atoms with Crippen LogP contribution in [0.4, 0.5) is 5.82 Å². The summed E-state index contributed by atoms with van der Waals surface area (Å²) in [6.07, 6.45) is 1.64. The van der Waals surface area contributed by atoms with E-state index in [-0.39, 0.29) is 0 Å². The van der Waals surface area contributed by atoms with Crippen molar-refractivity contribution in [1.82, 2.24) is 19.9 Å². The minimum Gasteiger partial charge on any atom is -0.493 e. The first-order valence-corrected chi connectivity index (χ1v) is 10.2. The lowest BCUT2D eigenvalue weighted by atomic mass is 10.1. The Morgan fingerprint density at radius 3 is 2.40 bits per heavy atom. The Bertz CT molecular complexity index is 1170. The fourth-order valence-corrected chi connectivity index (χ4v) is 4.24. The standard InChI is InChI=1S/C23H25N5O2/c1-29-19-12-17-18(13-20(19)30-2)26-22-21(17)23(25-15-24-22)28-10-8-27(9-11-28)14-16-6-4-3-5-7-16/h3-7,12-13,15H,8-11,14H2,1-2H3,(H,24,25,26). The van der Waals surface area contributed by atoms with Crippen LogP contribution >= 0.6 is 0 Å². The van der Waals surface area contributed by atoms with Crippen molar-refractivity contribution >= 4 is 27.8 Å². The number of hydrogen-bond acceptors (Lipinski definition) is 6. The Morgan fingerprint density at radius 1 is 0.933 bits per heavy atom. The molecule has 2 aromatic carbocycles. The number of rotatable bonds is 5. The van der Waals surface area contributed by atoms with Crippen LogP contribution in [0.3, 0.4) is 0 Å². The molecule has 4 aromatic rings. The number of H-pyrrole nitrogens is 1. The van der Waals surface area contributed by atoms with Crippen LogP contribution in [0.15, 0.2) is 48.8 Å². The number of aromatic nitrogens is 3. The van der Waals surface area contributed by atoms with E-state index >= 15 is 0 Å². The average molecular weight is 403 g/mol. The minimum atomic E-state index is 0.695. The molecule has 1 fully saturated rings. The van der Waals surface area contributed by atoms with Crippen LogP contribution in [0, 0.1) is 0 Å². The largest absolute Gasteiger partial charge is 0.493 e. The number of anilines is 1. The van der Waals surface area contributed by atoms with Crippen molar-refractivity contribution in [2.45, 2.75) is 6.54 Å². The molecule has 7 nitrogen and oxygen atoms in total. The fourth-order valence-electron chi connectivity index (χ4n) is 4.24. The van der Waals surface area contributed by atoms with Crippen molar-refractivity contribution in [3.8, 4) is 11.5 Å². The van der Waals surface area contributed by atoms with Gasteiger partial charge in [-0.2, -0.15) is 0 Å². The van der Waals surface area contributed by atoms with Crippen molar-refractivity contribution in [3.63, 3.8) is 0 Å². The molecule has 1 aliphatic heterocycles. The lowest BCUT2D eigenvalue weighted by Crippen LogP contribution is -2.46. The molecule has 1 aliphatic rings. The number of aromatic amines is 1. The second-order valence-electron chi connectivity index (χ2n) is 7.55. The molecule has 0 bridgehead atoms. The number of benzene rings is 2. The molecular formula is C23H25N5O2. The molecule has 1 saturated heterocycles.